The van der Waals surface area contributed by atoms with Crippen molar-refractivity contribution in [1.29, 1.82) is 0 Å². The summed E-state index contributed by atoms with van der Waals surface area (Å²) >= 11 is 5.75. The molecule has 0 saturated carbocycles. The molecule has 1 unspecified atom stereocenters. The minimum atomic E-state index is 0.515. The van der Waals surface area contributed by atoms with Crippen molar-refractivity contribution in [3.05, 3.63) is 22.6 Å². The van der Waals surface area contributed by atoms with Gasteiger partial charge in [0.15, 0.2) is 5.22 Å². The fraction of sp³-hybridized carbons (Fsp3) is 0.556. The second-order valence-electron chi connectivity index (χ2n) is 3.24. The molecule has 66 valence electrons. The smallest absolute Gasteiger partial charge is 0.193 e. The van der Waals surface area contributed by atoms with Crippen molar-refractivity contribution >= 4 is 11.6 Å². The molecule has 1 aliphatic carbocycles. The third-order valence-corrected chi connectivity index (χ3v) is 2.67. The number of fused-ring (bicyclic) bond motifs is 1. The van der Waals surface area contributed by atoms with Crippen molar-refractivity contribution in [3.63, 3.8) is 0 Å². The Labute approximate surface area is 76.7 Å². The number of nitrogens with two attached hydrogens (primary N) is 1. The first kappa shape index (κ1) is 8.14. The minimum absolute atomic E-state index is 0.515. The van der Waals surface area contributed by atoms with Crippen LogP contribution in [0.2, 0.25) is 5.22 Å². The fourth-order valence-corrected chi connectivity index (χ4v) is 2.12. The molecule has 0 fully saturated rings. The first-order valence-electron chi connectivity index (χ1n) is 4.29. The van der Waals surface area contributed by atoms with Crippen LogP contribution in [0.1, 0.15) is 30.1 Å². The Morgan fingerprint density at radius 1 is 1.67 bits per heavy atom. The van der Waals surface area contributed by atoms with Crippen molar-refractivity contribution < 1.29 is 4.42 Å². The monoisotopic (exact) mass is 185 g/mol. The van der Waals surface area contributed by atoms with Crippen molar-refractivity contribution in [3.8, 4) is 0 Å². The highest BCUT2D eigenvalue weighted by Gasteiger charge is 2.25. The van der Waals surface area contributed by atoms with Gasteiger partial charge in [0, 0.05) is 6.42 Å². The standard InChI is InChI=1S/C9H12ClNO/c10-9-5-7-6(3-4-11)1-2-8(7)12-9/h5-6H,1-4,11H2. The Balaban J connectivity index is 2.22. The molecule has 0 amide bonds. The molecule has 1 aliphatic rings. The second-order valence-corrected chi connectivity index (χ2v) is 3.61. The number of halogens is 1. The normalized spacial score (nSPS) is 21.3. The molecule has 1 heterocycles. The predicted octanol–water partition coefficient (Wildman–Crippen LogP) is 2.31. The van der Waals surface area contributed by atoms with E-state index in [0.717, 1.165) is 25.1 Å². The summed E-state index contributed by atoms with van der Waals surface area (Å²) in [6.07, 6.45) is 3.23. The molecule has 1 aromatic rings. The number of rotatable bonds is 2. The summed E-state index contributed by atoms with van der Waals surface area (Å²) in [7, 11) is 0. The van der Waals surface area contributed by atoms with Crippen LogP contribution in [0.5, 0.6) is 0 Å². The van der Waals surface area contributed by atoms with Gasteiger partial charge in [-0.15, -0.1) is 0 Å². The summed E-state index contributed by atoms with van der Waals surface area (Å²) in [6, 6.07) is 1.93. The Kier molecular flexibility index (Phi) is 2.11. The molecule has 3 heteroatoms. The van der Waals surface area contributed by atoms with E-state index in [4.69, 9.17) is 21.8 Å². The summed E-state index contributed by atoms with van der Waals surface area (Å²) in [5, 5.41) is 0.515. The van der Waals surface area contributed by atoms with E-state index in [1.807, 2.05) is 6.07 Å². The highest BCUT2D eigenvalue weighted by Crippen LogP contribution is 2.38. The summed E-state index contributed by atoms with van der Waals surface area (Å²) in [4.78, 5) is 0. The lowest BCUT2D eigenvalue weighted by atomic mass is 10.0. The third kappa shape index (κ3) is 1.25. The van der Waals surface area contributed by atoms with Gasteiger partial charge in [0.25, 0.3) is 0 Å². The molecule has 1 aromatic heterocycles. The van der Waals surface area contributed by atoms with E-state index >= 15 is 0 Å². The largest absolute Gasteiger partial charge is 0.449 e. The van der Waals surface area contributed by atoms with Gasteiger partial charge in [0.1, 0.15) is 5.76 Å². The highest BCUT2D eigenvalue weighted by atomic mass is 35.5. The number of furan rings is 1. The SMILES string of the molecule is NCCC1CCc2oc(Cl)cc21. The van der Waals surface area contributed by atoms with Gasteiger partial charge in [-0.1, -0.05) is 0 Å². The Morgan fingerprint density at radius 3 is 3.25 bits per heavy atom. The van der Waals surface area contributed by atoms with E-state index in [1.54, 1.807) is 0 Å². The number of hydrogen-bond donors (Lipinski definition) is 1. The van der Waals surface area contributed by atoms with E-state index in [9.17, 15) is 0 Å². The van der Waals surface area contributed by atoms with Crippen LogP contribution in [-0.4, -0.2) is 6.54 Å². The Hall–Kier alpha value is -0.470. The maximum absolute atomic E-state index is 5.75. The topological polar surface area (TPSA) is 39.2 Å². The lowest BCUT2D eigenvalue weighted by Crippen LogP contribution is -2.04. The second kappa shape index (κ2) is 3.11. The molecule has 0 saturated heterocycles. The zero-order valence-electron chi connectivity index (χ0n) is 6.85. The highest BCUT2D eigenvalue weighted by molar-refractivity contribution is 6.28. The van der Waals surface area contributed by atoms with Gasteiger partial charge in [0.05, 0.1) is 0 Å². The van der Waals surface area contributed by atoms with Crippen molar-refractivity contribution in [2.24, 2.45) is 5.73 Å². The molecule has 2 N–H and O–H groups in total. The lowest BCUT2D eigenvalue weighted by molar-refractivity contribution is 0.514. The first-order valence-corrected chi connectivity index (χ1v) is 4.67. The lowest BCUT2D eigenvalue weighted by Gasteiger charge is -2.05. The van der Waals surface area contributed by atoms with Gasteiger partial charge >= 0.3 is 0 Å². The predicted molar refractivity (Wildman–Crippen MR) is 48.5 cm³/mol. The Bertz CT molecular complexity index is 282. The van der Waals surface area contributed by atoms with Crippen LogP contribution >= 0.6 is 11.6 Å². The average Bonchev–Trinajstić information content (AvgIpc) is 2.52. The molecule has 12 heavy (non-hydrogen) atoms. The van der Waals surface area contributed by atoms with E-state index in [1.165, 1.54) is 12.0 Å². The maximum atomic E-state index is 5.75. The van der Waals surface area contributed by atoms with Crippen molar-refractivity contribution in [2.45, 2.75) is 25.2 Å². The Morgan fingerprint density at radius 2 is 2.50 bits per heavy atom. The third-order valence-electron chi connectivity index (χ3n) is 2.49. The van der Waals surface area contributed by atoms with Crippen LogP contribution in [0.3, 0.4) is 0 Å². The van der Waals surface area contributed by atoms with Gasteiger partial charge in [-0.2, -0.15) is 0 Å². The summed E-state index contributed by atoms with van der Waals surface area (Å²) < 4.78 is 5.33. The molecule has 2 rings (SSSR count). The average molecular weight is 186 g/mol. The summed E-state index contributed by atoms with van der Waals surface area (Å²) in [5.41, 5.74) is 6.79. The van der Waals surface area contributed by atoms with E-state index < -0.39 is 0 Å². The molecular weight excluding hydrogens is 174 g/mol. The molecule has 1 atom stereocenters. The quantitative estimate of drug-likeness (QED) is 0.768. The first-order chi connectivity index (χ1) is 5.81. The van der Waals surface area contributed by atoms with E-state index in [-0.39, 0.29) is 0 Å². The summed E-state index contributed by atoms with van der Waals surface area (Å²) in [5.74, 6) is 1.65. The van der Waals surface area contributed by atoms with Gasteiger partial charge in [-0.3, -0.25) is 0 Å². The van der Waals surface area contributed by atoms with Crippen molar-refractivity contribution in [2.75, 3.05) is 6.54 Å². The minimum Gasteiger partial charge on any atom is -0.449 e. The number of aryl methyl sites for hydroxylation is 1. The van der Waals surface area contributed by atoms with Gasteiger partial charge in [-0.25, -0.2) is 0 Å². The van der Waals surface area contributed by atoms with E-state index in [2.05, 4.69) is 0 Å². The van der Waals surface area contributed by atoms with Crippen LogP contribution in [0.25, 0.3) is 0 Å². The van der Waals surface area contributed by atoms with Gasteiger partial charge in [0.2, 0.25) is 0 Å². The molecular formula is C9H12ClNO. The van der Waals surface area contributed by atoms with Crippen LogP contribution < -0.4 is 5.73 Å². The van der Waals surface area contributed by atoms with Crippen LogP contribution in [0.15, 0.2) is 10.5 Å². The molecule has 0 radical (unpaired) electrons. The van der Waals surface area contributed by atoms with Gasteiger partial charge in [-0.05, 0) is 48.5 Å². The van der Waals surface area contributed by atoms with Crippen molar-refractivity contribution in [1.82, 2.24) is 0 Å². The number of hydrogen-bond acceptors (Lipinski definition) is 2. The van der Waals surface area contributed by atoms with Crippen LogP contribution in [0, 0.1) is 0 Å². The zero-order valence-corrected chi connectivity index (χ0v) is 7.60. The van der Waals surface area contributed by atoms with E-state index in [0.29, 0.717) is 11.1 Å². The molecule has 0 bridgehead atoms. The van der Waals surface area contributed by atoms with Gasteiger partial charge < -0.3 is 10.2 Å². The molecule has 2 nitrogen and oxygen atoms in total. The van der Waals surface area contributed by atoms with Crippen LogP contribution in [0.4, 0.5) is 0 Å². The molecule has 0 spiro atoms. The summed E-state index contributed by atoms with van der Waals surface area (Å²) in [6.45, 7) is 0.743. The molecule has 0 aromatic carbocycles. The zero-order chi connectivity index (χ0) is 8.55. The maximum Gasteiger partial charge on any atom is 0.193 e. The fourth-order valence-electron chi connectivity index (χ4n) is 1.91. The molecule has 0 aliphatic heterocycles. The van der Waals surface area contributed by atoms with Crippen LogP contribution in [-0.2, 0) is 6.42 Å².